The van der Waals surface area contributed by atoms with Crippen LogP contribution in [0.25, 0.3) is 6.08 Å². The number of aliphatic carboxylic acids is 1. The van der Waals surface area contributed by atoms with E-state index >= 15 is 0 Å². The molecule has 1 rings (SSSR count). The number of carboxylic acids is 1. The summed E-state index contributed by atoms with van der Waals surface area (Å²) >= 11 is 0. The fraction of sp³-hybridized carbons (Fsp3) is 0.412. The van der Waals surface area contributed by atoms with Crippen molar-refractivity contribution >= 4 is 28.0 Å². The molecule has 0 aromatic heterocycles. The van der Waals surface area contributed by atoms with Gasteiger partial charge in [-0.2, -0.15) is 0 Å². The second-order valence-corrected chi connectivity index (χ2v) is 7.21. The smallest absolute Gasteiger partial charge is 0.303 e. The first-order chi connectivity index (χ1) is 11.8. The summed E-state index contributed by atoms with van der Waals surface area (Å²) in [5, 5.41) is 11.2. The Labute approximate surface area is 148 Å². The van der Waals surface area contributed by atoms with Crippen molar-refractivity contribution in [2.75, 3.05) is 13.1 Å². The number of carbonyl (C=O) groups is 2. The highest BCUT2D eigenvalue weighted by Crippen LogP contribution is 2.11. The molecule has 0 spiro atoms. The van der Waals surface area contributed by atoms with Gasteiger partial charge in [-0.1, -0.05) is 19.1 Å². The fourth-order valence-corrected chi connectivity index (χ4v) is 3.06. The maximum Gasteiger partial charge on any atom is 0.303 e. The van der Waals surface area contributed by atoms with E-state index in [0.29, 0.717) is 37.9 Å². The minimum absolute atomic E-state index is 0.0913. The molecule has 3 N–H and O–H groups in total. The van der Waals surface area contributed by atoms with Crippen molar-refractivity contribution in [3.05, 3.63) is 35.9 Å². The van der Waals surface area contributed by atoms with Crippen LogP contribution in [0.5, 0.6) is 0 Å². The van der Waals surface area contributed by atoms with Gasteiger partial charge in [0.1, 0.15) is 0 Å². The molecule has 0 saturated carbocycles. The number of benzene rings is 1. The molecule has 0 radical (unpaired) electrons. The molecule has 1 amide bonds. The van der Waals surface area contributed by atoms with Crippen molar-refractivity contribution in [1.82, 2.24) is 10.0 Å². The molecule has 1 aromatic carbocycles. The van der Waals surface area contributed by atoms with Gasteiger partial charge in [0.2, 0.25) is 15.9 Å². The third-order valence-electron chi connectivity index (χ3n) is 3.28. The predicted molar refractivity (Wildman–Crippen MR) is 95.5 cm³/mol. The zero-order valence-corrected chi connectivity index (χ0v) is 15.0. The van der Waals surface area contributed by atoms with Crippen LogP contribution in [0.15, 0.2) is 35.2 Å². The molecule has 0 atom stereocenters. The Kier molecular flexibility index (Phi) is 8.87. The average Bonchev–Trinajstić information content (AvgIpc) is 2.58. The topological polar surface area (TPSA) is 113 Å². The van der Waals surface area contributed by atoms with Gasteiger partial charge in [-0.15, -0.1) is 0 Å². The molecule has 0 aliphatic rings. The Hall–Kier alpha value is -2.19. The van der Waals surface area contributed by atoms with Crippen molar-refractivity contribution < 1.29 is 23.1 Å². The number of hydrogen-bond acceptors (Lipinski definition) is 4. The molecule has 7 nitrogen and oxygen atoms in total. The summed E-state index contributed by atoms with van der Waals surface area (Å²) < 4.78 is 26.4. The van der Waals surface area contributed by atoms with Crippen LogP contribution in [0.1, 0.15) is 38.2 Å². The van der Waals surface area contributed by atoms with Gasteiger partial charge in [0, 0.05) is 25.6 Å². The van der Waals surface area contributed by atoms with Crippen LogP contribution in [-0.4, -0.2) is 38.5 Å². The molecule has 0 aliphatic carbocycles. The third-order valence-corrected chi connectivity index (χ3v) is 4.75. The Morgan fingerprint density at radius 2 is 1.80 bits per heavy atom. The number of carboxylic acid groups (broad SMARTS) is 1. The molecular weight excluding hydrogens is 344 g/mol. The zero-order valence-electron chi connectivity index (χ0n) is 14.2. The van der Waals surface area contributed by atoms with Gasteiger partial charge >= 0.3 is 5.97 Å². The highest BCUT2D eigenvalue weighted by atomic mass is 32.2. The second kappa shape index (κ2) is 10.6. The maximum absolute atomic E-state index is 12.0. The summed E-state index contributed by atoms with van der Waals surface area (Å²) in [6.07, 6.45) is 4.86. The van der Waals surface area contributed by atoms with Crippen LogP contribution >= 0.6 is 0 Å². The minimum atomic E-state index is -3.49. The lowest BCUT2D eigenvalue weighted by atomic mass is 10.2. The Balaban J connectivity index is 2.47. The molecule has 8 heteroatoms. The third kappa shape index (κ3) is 8.46. The van der Waals surface area contributed by atoms with Gasteiger partial charge < -0.3 is 10.4 Å². The number of rotatable bonds is 11. The Morgan fingerprint density at radius 3 is 2.40 bits per heavy atom. The molecular formula is C17H24N2O5S. The Bertz CT molecular complexity index is 696. The van der Waals surface area contributed by atoms with Crippen molar-refractivity contribution in [3.8, 4) is 0 Å². The van der Waals surface area contributed by atoms with E-state index in [1.54, 1.807) is 18.2 Å². The van der Waals surface area contributed by atoms with E-state index in [0.717, 1.165) is 0 Å². The number of nitrogens with one attached hydrogen (secondary N) is 2. The van der Waals surface area contributed by atoms with Crippen LogP contribution in [0.2, 0.25) is 0 Å². The maximum atomic E-state index is 12.0. The lowest BCUT2D eigenvalue weighted by Crippen LogP contribution is -2.24. The number of amides is 1. The highest BCUT2D eigenvalue weighted by molar-refractivity contribution is 7.89. The van der Waals surface area contributed by atoms with Gasteiger partial charge in [0.15, 0.2) is 0 Å². The molecule has 0 aliphatic heterocycles. The number of carbonyl (C=O) groups excluding carboxylic acids is 1. The largest absolute Gasteiger partial charge is 0.481 e. The van der Waals surface area contributed by atoms with E-state index in [2.05, 4.69) is 10.0 Å². The molecule has 1 aromatic rings. The monoisotopic (exact) mass is 368 g/mol. The number of unbranched alkanes of at least 4 members (excludes halogenated alkanes) is 1. The molecule has 0 bridgehead atoms. The van der Waals surface area contributed by atoms with E-state index in [1.165, 1.54) is 18.2 Å². The van der Waals surface area contributed by atoms with Crippen molar-refractivity contribution in [2.45, 2.75) is 37.5 Å². The quantitative estimate of drug-likeness (QED) is 0.407. The summed E-state index contributed by atoms with van der Waals surface area (Å²) in [6.45, 7) is 2.68. The van der Waals surface area contributed by atoms with Gasteiger partial charge in [0.05, 0.1) is 4.90 Å². The molecule has 0 unspecified atom stereocenters. The lowest BCUT2D eigenvalue weighted by molar-refractivity contribution is -0.137. The molecule has 138 valence electrons. The van der Waals surface area contributed by atoms with Crippen LogP contribution in [0.4, 0.5) is 0 Å². The first-order valence-electron chi connectivity index (χ1n) is 8.12. The fourth-order valence-electron chi connectivity index (χ4n) is 1.92. The molecule has 25 heavy (non-hydrogen) atoms. The highest BCUT2D eigenvalue weighted by Gasteiger charge is 2.11. The summed E-state index contributed by atoms with van der Waals surface area (Å²) in [5.74, 6) is -1.13. The first kappa shape index (κ1) is 20.9. The van der Waals surface area contributed by atoms with Crippen molar-refractivity contribution in [2.24, 2.45) is 0 Å². The average molecular weight is 368 g/mol. The predicted octanol–water partition coefficient (Wildman–Crippen LogP) is 1.76. The van der Waals surface area contributed by atoms with Crippen molar-refractivity contribution in [1.29, 1.82) is 0 Å². The summed E-state index contributed by atoms with van der Waals surface area (Å²) in [6, 6.07) is 6.22. The van der Waals surface area contributed by atoms with Gasteiger partial charge in [-0.25, -0.2) is 13.1 Å². The molecule has 0 fully saturated rings. The summed E-state index contributed by atoms with van der Waals surface area (Å²) in [7, 11) is -3.49. The molecule has 0 saturated heterocycles. The normalized spacial score (nSPS) is 11.6. The van der Waals surface area contributed by atoms with Gasteiger partial charge in [-0.3, -0.25) is 9.59 Å². The van der Waals surface area contributed by atoms with E-state index in [4.69, 9.17) is 5.11 Å². The number of hydrogen-bond donors (Lipinski definition) is 3. The van der Waals surface area contributed by atoms with Crippen LogP contribution < -0.4 is 10.0 Å². The first-order valence-corrected chi connectivity index (χ1v) is 9.61. The summed E-state index contributed by atoms with van der Waals surface area (Å²) in [4.78, 5) is 22.2. The van der Waals surface area contributed by atoms with E-state index in [1.807, 2.05) is 6.92 Å². The Morgan fingerprint density at radius 1 is 1.12 bits per heavy atom. The zero-order chi connectivity index (χ0) is 18.7. The van der Waals surface area contributed by atoms with E-state index in [-0.39, 0.29) is 17.2 Å². The van der Waals surface area contributed by atoms with Crippen LogP contribution in [0.3, 0.4) is 0 Å². The molecule has 0 heterocycles. The second-order valence-electron chi connectivity index (χ2n) is 5.44. The lowest BCUT2D eigenvalue weighted by Gasteiger charge is -2.05. The van der Waals surface area contributed by atoms with Gasteiger partial charge in [0.25, 0.3) is 0 Å². The van der Waals surface area contributed by atoms with Crippen LogP contribution in [-0.2, 0) is 19.6 Å². The van der Waals surface area contributed by atoms with Gasteiger partial charge in [-0.05, 0) is 43.0 Å². The van der Waals surface area contributed by atoms with E-state index in [9.17, 15) is 18.0 Å². The van der Waals surface area contributed by atoms with Crippen LogP contribution in [0, 0.1) is 0 Å². The SMILES string of the molecule is CCCNS(=O)(=O)c1ccc(C=CC(=O)NCCCCC(=O)O)cc1. The standard InChI is InChI=1S/C17H24N2O5S/c1-2-12-19-25(23,24)15-9-6-14(7-10-15)8-11-16(20)18-13-4-3-5-17(21)22/h6-11,19H,2-5,12-13H2,1H3,(H,18,20)(H,21,22). The van der Waals surface area contributed by atoms with E-state index < -0.39 is 16.0 Å². The number of sulfonamides is 1. The van der Waals surface area contributed by atoms with Crippen molar-refractivity contribution in [3.63, 3.8) is 0 Å². The summed E-state index contributed by atoms with van der Waals surface area (Å²) in [5.41, 5.74) is 0.704. The minimum Gasteiger partial charge on any atom is -0.481 e.